The van der Waals surface area contributed by atoms with E-state index in [1.54, 1.807) is 6.26 Å². The predicted octanol–water partition coefficient (Wildman–Crippen LogP) is 2.05. The third kappa shape index (κ3) is 2.72. The van der Waals surface area contributed by atoms with Gasteiger partial charge >= 0.3 is 5.97 Å². The van der Waals surface area contributed by atoms with Crippen molar-refractivity contribution in [3.63, 3.8) is 0 Å². The molecule has 0 amide bonds. The molecule has 0 aromatic carbocycles. The first-order valence-corrected chi connectivity index (χ1v) is 5.25. The first-order valence-electron chi connectivity index (χ1n) is 5.25. The van der Waals surface area contributed by atoms with Crippen molar-refractivity contribution in [2.75, 3.05) is 0 Å². The van der Waals surface area contributed by atoms with Gasteiger partial charge in [-0.05, 0) is 25.0 Å². The van der Waals surface area contributed by atoms with Gasteiger partial charge in [-0.3, -0.25) is 4.79 Å². The van der Waals surface area contributed by atoms with Gasteiger partial charge in [-0.15, -0.1) is 0 Å². The lowest BCUT2D eigenvalue weighted by molar-refractivity contribution is -0.137. The smallest absolute Gasteiger partial charge is 0.303 e. The van der Waals surface area contributed by atoms with Gasteiger partial charge in [-0.25, -0.2) is 0 Å². The zero-order valence-corrected chi connectivity index (χ0v) is 9.34. The molecule has 0 aliphatic carbocycles. The molecule has 0 bridgehead atoms. The summed E-state index contributed by atoms with van der Waals surface area (Å²) in [5, 5.41) is 12.3. The van der Waals surface area contributed by atoms with Crippen molar-refractivity contribution in [2.45, 2.75) is 26.2 Å². The first kappa shape index (κ1) is 11.4. The first-order chi connectivity index (χ1) is 8.16. The molecule has 0 unspecified atom stereocenters. The maximum Gasteiger partial charge on any atom is 0.303 e. The third-order valence-corrected chi connectivity index (χ3v) is 2.31. The van der Waals surface area contributed by atoms with E-state index in [-0.39, 0.29) is 6.42 Å². The summed E-state index contributed by atoms with van der Waals surface area (Å²) in [6.07, 6.45) is 2.59. The maximum absolute atomic E-state index is 10.3. The zero-order chi connectivity index (χ0) is 12.3. The van der Waals surface area contributed by atoms with E-state index >= 15 is 0 Å². The van der Waals surface area contributed by atoms with Gasteiger partial charge in [-0.1, -0.05) is 5.16 Å². The lowest BCUT2D eigenvalue weighted by Crippen LogP contribution is -1.95. The molecule has 90 valence electrons. The number of rotatable bonds is 5. The number of carboxylic acids is 1. The number of furan rings is 1. The summed E-state index contributed by atoms with van der Waals surface area (Å²) in [5.41, 5.74) is 0.933. The molecule has 2 heterocycles. The molecule has 6 nitrogen and oxygen atoms in total. The SMILES string of the molecule is Cc1ccoc1-c1noc(CCCC(=O)O)n1. The minimum Gasteiger partial charge on any atom is -0.481 e. The van der Waals surface area contributed by atoms with Gasteiger partial charge in [0.05, 0.1) is 6.26 Å². The monoisotopic (exact) mass is 236 g/mol. The lowest BCUT2D eigenvalue weighted by atomic mass is 10.2. The van der Waals surface area contributed by atoms with Crippen LogP contribution in [0, 0.1) is 6.92 Å². The van der Waals surface area contributed by atoms with Crippen molar-refractivity contribution in [3.05, 3.63) is 23.8 Å². The van der Waals surface area contributed by atoms with E-state index in [9.17, 15) is 4.79 Å². The molecule has 2 aromatic heterocycles. The highest BCUT2D eigenvalue weighted by Crippen LogP contribution is 2.21. The average Bonchev–Trinajstić information content (AvgIpc) is 2.86. The van der Waals surface area contributed by atoms with Crippen LogP contribution in [-0.4, -0.2) is 21.2 Å². The molecule has 0 radical (unpaired) electrons. The summed E-state index contributed by atoms with van der Waals surface area (Å²) in [6.45, 7) is 1.89. The fourth-order valence-corrected chi connectivity index (χ4v) is 1.44. The summed E-state index contributed by atoms with van der Waals surface area (Å²) >= 11 is 0. The van der Waals surface area contributed by atoms with E-state index in [1.165, 1.54) is 0 Å². The summed E-state index contributed by atoms with van der Waals surface area (Å²) in [6, 6.07) is 1.82. The second-order valence-corrected chi connectivity index (χ2v) is 3.69. The summed E-state index contributed by atoms with van der Waals surface area (Å²) in [7, 11) is 0. The lowest BCUT2D eigenvalue weighted by Gasteiger charge is -1.90. The van der Waals surface area contributed by atoms with Crippen molar-refractivity contribution in [3.8, 4) is 11.6 Å². The van der Waals surface area contributed by atoms with Crippen LogP contribution < -0.4 is 0 Å². The maximum atomic E-state index is 10.3. The number of aliphatic carboxylic acids is 1. The number of nitrogens with zero attached hydrogens (tertiary/aromatic N) is 2. The van der Waals surface area contributed by atoms with Crippen LogP contribution in [-0.2, 0) is 11.2 Å². The Morgan fingerprint density at radius 2 is 2.35 bits per heavy atom. The largest absolute Gasteiger partial charge is 0.481 e. The van der Waals surface area contributed by atoms with Gasteiger partial charge in [0.1, 0.15) is 0 Å². The Bertz CT molecular complexity index is 515. The summed E-state index contributed by atoms with van der Waals surface area (Å²) in [5.74, 6) is 0.583. The van der Waals surface area contributed by atoms with Crippen molar-refractivity contribution in [1.82, 2.24) is 10.1 Å². The fourth-order valence-electron chi connectivity index (χ4n) is 1.44. The quantitative estimate of drug-likeness (QED) is 0.854. The summed E-state index contributed by atoms with van der Waals surface area (Å²) < 4.78 is 10.2. The van der Waals surface area contributed by atoms with Gasteiger partial charge in [0.15, 0.2) is 5.76 Å². The van der Waals surface area contributed by atoms with E-state index < -0.39 is 5.97 Å². The molecule has 0 spiro atoms. The molecule has 2 rings (SSSR count). The molecule has 1 N–H and O–H groups in total. The normalized spacial score (nSPS) is 10.6. The molecule has 0 fully saturated rings. The van der Waals surface area contributed by atoms with Crippen LogP contribution in [0.25, 0.3) is 11.6 Å². The Kier molecular flexibility index (Phi) is 3.22. The van der Waals surface area contributed by atoms with E-state index in [0.29, 0.717) is 30.3 Å². The standard InChI is InChI=1S/C11H12N2O4/c1-7-5-6-16-10(7)11-12-8(17-13-11)3-2-4-9(14)15/h5-6H,2-4H2,1H3,(H,14,15). The average molecular weight is 236 g/mol. The van der Waals surface area contributed by atoms with Crippen LogP contribution >= 0.6 is 0 Å². The minimum absolute atomic E-state index is 0.0947. The van der Waals surface area contributed by atoms with Crippen LogP contribution in [0.4, 0.5) is 0 Å². The van der Waals surface area contributed by atoms with Crippen LogP contribution in [0.1, 0.15) is 24.3 Å². The number of carbonyl (C=O) groups is 1. The van der Waals surface area contributed by atoms with E-state index in [0.717, 1.165) is 5.56 Å². The van der Waals surface area contributed by atoms with Crippen molar-refractivity contribution < 1.29 is 18.8 Å². The molecule has 0 aliphatic heterocycles. The molecule has 0 saturated heterocycles. The van der Waals surface area contributed by atoms with E-state index in [1.807, 2.05) is 13.0 Å². The van der Waals surface area contributed by atoms with Gasteiger partial charge in [0.25, 0.3) is 0 Å². The van der Waals surface area contributed by atoms with Crippen LogP contribution in [0.15, 0.2) is 21.3 Å². The van der Waals surface area contributed by atoms with Gasteiger partial charge in [-0.2, -0.15) is 4.98 Å². The third-order valence-electron chi connectivity index (χ3n) is 2.31. The van der Waals surface area contributed by atoms with Crippen LogP contribution in [0.3, 0.4) is 0 Å². The van der Waals surface area contributed by atoms with Gasteiger partial charge < -0.3 is 14.0 Å². The van der Waals surface area contributed by atoms with Gasteiger partial charge in [0, 0.05) is 12.8 Å². The fraction of sp³-hybridized carbons (Fsp3) is 0.364. The Morgan fingerprint density at radius 1 is 1.53 bits per heavy atom. The predicted molar refractivity (Wildman–Crippen MR) is 57.3 cm³/mol. The van der Waals surface area contributed by atoms with Crippen molar-refractivity contribution in [1.29, 1.82) is 0 Å². The number of aromatic nitrogens is 2. The molecule has 6 heteroatoms. The Labute approximate surface area is 97.2 Å². The molecular formula is C11H12N2O4. The van der Waals surface area contributed by atoms with E-state index in [2.05, 4.69) is 10.1 Å². The molecule has 17 heavy (non-hydrogen) atoms. The Hall–Kier alpha value is -2.11. The Morgan fingerprint density at radius 3 is 3.00 bits per heavy atom. The van der Waals surface area contributed by atoms with Crippen LogP contribution in [0.2, 0.25) is 0 Å². The minimum atomic E-state index is -0.827. The van der Waals surface area contributed by atoms with Crippen molar-refractivity contribution in [2.24, 2.45) is 0 Å². The molecule has 0 aliphatic rings. The molecule has 2 aromatic rings. The highest BCUT2D eigenvalue weighted by Gasteiger charge is 2.13. The number of hydrogen-bond acceptors (Lipinski definition) is 5. The van der Waals surface area contributed by atoms with Crippen molar-refractivity contribution >= 4 is 5.97 Å². The number of aryl methyl sites for hydroxylation is 2. The molecule has 0 saturated carbocycles. The highest BCUT2D eigenvalue weighted by atomic mass is 16.5. The highest BCUT2D eigenvalue weighted by molar-refractivity contribution is 5.66. The zero-order valence-electron chi connectivity index (χ0n) is 9.34. The topological polar surface area (TPSA) is 89.4 Å². The van der Waals surface area contributed by atoms with Gasteiger partial charge in [0.2, 0.25) is 11.7 Å². The second-order valence-electron chi connectivity index (χ2n) is 3.69. The van der Waals surface area contributed by atoms with E-state index in [4.69, 9.17) is 14.0 Å². The van der Waals surface area contributed by atoms with Crippen LogP contribution in [0.5, 0.6) is 0 Å². The molecule has 0 atom stereocenters. The summed E-state index contributed by atoms with van der Waals surface area (Å²) in [4.78, 5) is 14.5. The second kappa shape index (κ2) is 4.82. The Balaban J connectivity index is 2.01. The number of hydrogen-bond donors (Lipinski definition) is 1. The number of carboxylic acid groups (broad SMARTS) is 1. The molecular weight excluding hydrogens is 224 g/mol.